The van der Waals surface area contributed by atoms with Gasteiger partial charge in [0.25, 0.3) is 0 Å². The molecule has 1 aliphatic heterocycles. The standard InChI is InChI=1S/C17H30N4O/c1-2-3-4-5-8-11-17(22)18-13-12-16-20-19-15-10-7-6-9-14-21(15)16/h2-14H2,1H3,(H,18,22). The molecule has 22 heavy (non-hydrogen) atoms. The Labute approximate surface area is 133 Å². The van der Waals surface area contributed by atoms with Crippen molar-refractivity contribution in [3.05, 3.63) is 11.6 Å². The van der Waals surface area contributed by atoms with Crippen molar-refractivity contribution in [2.75, 3.05) is 6.54 Å². The van der Waals surface area contributed by atoms with E-state index in [9.17, 15) is 4.79 Å². The summed E-state index contributed by atoms with van der Waals surface area (Å²) >= 11 is 0. The van der Waals surface area contributed by atoms with Crippen molar-refractivity contribution in [3.63, 3.8) is 0 Å². The van der Waals surface area contributed by atoms with Gasteiger partial charge in [0.15, 0.2) is 0 Å². The molecule has 1 aromatic heterocycles. The van der Waals surface area contributed by atoms with Crippen LogP contribution in [0.1, 0.15) is 76.4 Å². The lowest BCUT2D eigenvalue weighted by Gasteiger charge is -2.08. The number of fused-ring (bicyclic) bond motifs is 1. The third kappa shape index (κ3) is 5.43. The molecule has 1 N–H and O–H groups in total. The van der Waals surface area contributed by atoms with Crippen molar-refractivity contribution >= 4 is 5.91 Å². The van der Waals surface area contributed by atoms with E-state index in [1.165, 1.54) is 44.9 Å². The number of hydrogen-bond donors (Lipinski definition) is 1. The lowest BCUT2D eigenvalue weighted by molar-refractivity contribution is -0.121. The van der Waals surface area contributed by atoms with Gasteiger partial charge in [-0.15, -0.1) is 10.2 Å². The summed E-state index contributed by atoms with van der Waals surface area (Å²) in [6.07, 6.45) is 12.1. The van der Waals surface area contributed by atoms with Crippen LogP contribution in [0.3, 0.4) is 0 Å². The van der Waals surface area contributed by atoms with Gasteiger partial charge in [-0.2, -0.15) is 0 Å². The number of carbonyl (C=O) groups excluding carboxylic acids is 1. The summed E-state index contributed by atoms with van der Waals surface area (Å²) in [6, 6.07) is 0. The van der Waals surface area contributed by atoms with E-state index in [0.29, 0.717) is 13.0 Å². The van der Waals surface area contributed by atoms with Crippen LogP contribution in [0.15, 0.2) is 0 Å². The first kappa shape index (κ1) is 17.0. The van der Waals surface area contributed by atoms with E-state index in [4.69, 9.17) is 0 Å². The Hall–Kier alpha value is -1.39. The first-order valence-electron chi connectivity index (χ1n) is 8.99. The highest BCUT2D eigenvalue weighted by molar-refractivity contribution is 5.75. The number of rotatable bonds is 9. The van der Waals surface area contributed by atoms with Crippen LogP contribution in [0, 0.1) is 0 Å². The third-order valence-electron chi connectivity index (χ3n) is 4.36. The van der Waals surface area contributed by atoms with E-state index in [2.05, 4.69) is 27.0 Å². The largest absolute Gasteiger partial charge is 0.356 e. The van der Waals surface area contributed by atoms with Gasteiger partial charge in [0.05, 0.1) is 0 Å². The Kier molecular flexibility index (Phi) is 7.40. The molecule has 2 rings (SSSR count). The summed E-state index contributed by atoms with van der Waals surface area (Å²) in [5.74, 6) is 2.32. The van der Waals surface area contributed by atoms with Crippen LogP contribution in [-0.2, 0) is 24.2 Å². The number of amides is 1. The molecule has 0 saturated heterocycles. The molecule has 0 bridgehead atoms. The average Bonchev–Trinajstić information content (AvgIpc) is 2.75. The van der Waals surface area contributed by atoms with Gasteiger partial charge < -0.3 is 9.88 Å². The highest BCUT2D eigenvalue weighted by Gasteiger charge is 2.14. The van der Waals surface area contributed by atoms with Crippen molar-refractivity contribution in [1.29, 1.82) is 0 Å². The fourth-order valence-electron chi connectivity index (χ4n) is 3.02. The summed E-state index contributed by atoms with van der Waals surface area (Å²) in [7, 11) is 0. The maximum Gasteiger partial charge on any atom is 0.220 e. The smallest absolute Gasteiger partial charge is 0.220 e. The second-order valence-electron chi connectivity index (χ2n) is 6.26. The highest BCUT2D eigenvalue weighted by atomic mass is 16.1. The molecule has 0 aromatic carbocycles. The van der Waals surface area contributed by atoms with Gasteiger partial charge in [-0.3, -0.25) is 4.79 Å². The minimum Gasteiger partial charge on any atom is -0.356 e. The molecule has 1 aromatic rings. The monoisotopic (exact) mass is 306 g/mol. The second-order valence-corrected chi connectivity index (χ2v) is 6.26. The molecule has 0 aliphatic carbocycles. The van der Waals surface area contributed by atoms with Crippen LogP contribution in [-0.4, -0.2) is 27.2 Å². The fraction of sp³-hybridized carbons (Fsp3) is 0.824. The SMILES string of the molecule is CCCCCCCC(=O)NCCc1nnc2n1CCCCC2. The van der Waals surface area contributed by atoms with E-state index >= 15 is 0 Å². The zero-order valence-electron chi connectivity index (χ0n) is 13.9. The van der Waals surface area contributed by atoms with Crippen molar-refractivity contribution < 1.29 is 4.79 Å². The molecule has 5 nitrogen and oxygen atoms in total. The Morgan fingerprint density at radius 1 is 1.14 bits per heavy atom. The van der Waals surface area contributed by atoms with Crippen LogP contribution >= 0.6 is 0 Å². The van der Waals surface area contributed by atoms with Gasteiger partial charge in [-0.05, 0) is 19.3 Å². The van der Waals surface area contributed by atoms with Crippen molar-refractivity contribution in [2.24, 2.45) is 0 Å². The maximum absolute atomic E-state index is 11.8. The van der Waals surface area contributed by atoms with Gasteiger partial charge in [0.2, 0.25) is 5.91 Å². The van der Waals surface area contributed by atoms with Crippen molar-refractivity contribution in [3.8, 4) is 0 Å². The van der Waals surface area contributed by atoms with Crippen molar-refractivity contribution in [2.45, 2.75) is 84.1 Å². The summed E-state index contributed by atoms with van der Waals surface area (Å²) in [5.41, 5.74) is 0. The molecule has 0 radical (unpaired) electrons. The predicted octanol–water partition coefficient (Wildman–Crippen LogP) is 3.02. The van der Waals surface area contributed by atoms with Crippen LogP contribution < -0.4 is 5.32 Å². The van der Waals surface area contributed by atoms with Crippen LogP contribution in [0.2, 0.25) is 0 Å². The fourth-order valence-corrected chi connectivity index (χ4v) is 3.02. The normalized spacial score (nSPS) is 14.4. The Bertz CT molecular complexity index is 456. The minimum absolute atomic E-state index is 0.173. The number of hydrogen-bond acceptors (Lipinski definition) is 3. The number of aromatic nitrogens is 3. The zero-order valence-corrected chi connectivity index (χ0v) is 13.9. The summed E-state index contributed by atoms with van der Waals surface area (Å²) in [6.45, 7) is 3.91. The molecule has 5 heteroatoms. The Balaban J connectivity index is 1.64. The average molecular weight is 306 g/mol. The molecular weight excluding hydrogens is 276 g/mol. The molecular formula is C17H30N4O. The number of unbranched alkanes of at least 4 members (excludes halogenated alkanes) is 4. The van der Waals surface area contributed by atoms with E-state index in [0.717, 1.165) is 37.5 Å². The lowest BCUT2D eigenvalue weighted by atomic mass is 10.1. The number of nitrogens with one attached hydrogen (secondary N) is 1. The Morgan fingerprint density at radius 3 is 2.86 bits per heavy atom. The van der Waals surface area contributed by atoms with E-state index < -0.39 is 0 Å². The van der Waals surface area contributed by atoms with E-state index in [1.54, 1.807) is 0 Å². The summed E-state index contributed by atoms with van der Waals surface area (Å²) < 4.78 is 2.25. The summed E-state index contributed by atoms with van der Waals surface area (Å²) in [4.78, 5) is 11.8. The first-order valence-corrected chi connectivity index (χ1v) is 8.99. The minimum atomic E-state index is 0.173. The third-order valence-corrected chi connectivity index (χ3v) is 4.36. The van der Waals surface area contributed by atoms with Gasteiger partial charge in [-0.25, -0.2) is 0 Å². The predicted molar refractivity (Wildman–Crippen MR) is 87.7 cm³/mol. The molecule has 1 amide bonds. The van der Waals surface area contributed by atoms with E-state index in [1.807, 2.05) is 0 Å². The lowest BCUT2D eigenvalue weighted by Crippen LogP contribution is -2.26. The molecule has 0 saturated carbocycles. The molecule has 124 valence electrons. The van der Waals surface area contributed by atoms with Crippen LogP contribution in [0.5, 0.6) is 0 Å². The van der Waals surface area contributed by atoms with Gasteiger partial charge in [0, 0.05) is 32.4 Å². The molecule has 2 heterocycles. The van der Waals surface area contributed by atoms with Gasteiger partial charge >= 0.3 is 0 Å². The molecule has 0 unspecified atom stereocenters. The molecule has 1 aliphatic rings. The Morgan fingerprint density at radius 2 is 2.00 bits per heavy atom. The van der Waals surface area contributed by atoms with Crippen LogP contribution in [0.4, 0.5) is 0 Å². The second kappa shape index (κ2) is 9.59. The summed E-state index contributed by atoms with van der Waals surface area (Å²) in [5, 5.41) is 11.6. The van der Waals surface area contributed by atoms with Gasteiger partial charge in [-0.1, -0.05) is 39.0 Å². The maximum atomic E-state index is 11.8. The number of carbonyl (C=O) groups is 1. The van der Waals surface area contributed by atoms with E-state index in [-0.39, 0.29) is 5.91 Å². The molecule has 0 atom stereocenters. The first-order chi connectivity index (χ1) is 10.8. The van der Waals surface area contributed by atoms with Crippen LogP contribution in [0.25, 0.3) is 0 Å². The van der Waals surface area contributed by atoms with Crippen molar-refractivity contribution in [1.82, 2.24) is 20.1 Å². The van der Waals surface area contributed by atoms with Gasteiger partial charge in [0.1, 0.15) is 11.6 Å². The highest BCUT2D eigenvalue weighted by Crippen LogP contribution is 2.14. The number of nitrogens with zero attached hydrogens (tertiary/aromatic N) is 3. The topological polar surface area (TPSA) is 59.8 Å². The molecule has 0 fully saturated rings. The quantitative estimate of drug-likeness (QED) is 0.713. The molecule has 0 spiro atoms. The number of aryl methyl sites for hydroxylation is 1. The zero-order chi connectivity index (χ0) is 15.6.